The van der Waals surface area contributed by atoms with E-state index in [2.05, 4.69) is 10.1 Å². The molecule has 118 valence electrons. The number of nitro groups is 1. The fraction of sp³-hybridized carbons (Fsp3) is 0.455. The van der Waals surface area contributed by atoms with Crippen molar-refractivity contribution in [2.24, 2.45) is 5.84 Å². The molecule has 0 saturated carbocycles. The van der Waals surface area contributed by atoms with Crippen molar-refractivity contribution in [1.82, 2.24) is 4.72 Å². The van der Waals surface area contributed by atoms with Crippen LogP contribution in [0, 0.1) is 10.1 Å². The number of benzene rings is 1. The molecule has 1 unspecified atom stereocenters. The standard InChI is InChI=1S/C11H18N4O5S/c1-3-8(7-20-2)14-21(18,19)11-6-9(13-12)4-5-10(11)15(16)17/h4-6,8,13-14H,3,7,12H2,1-2H3. The van der Waals surface area contributed by atoms with Crippen LogP contribution in [-0.2, 0) is 14.8 Å². The first-order valence-electron chi connectivity index (χ1n) is 6.12. The van der Waals surface area contributed by atoms with Crippen LogP contribution >= 0.6 is 0 Å². The number of nitrogens with zero attached hydrogens (tertiary/aromatic N) is 1. The van der Waals surface area contributed by atoms with Crippen molar-refractivity contribution in [3.63, 3.8) is 0 Å². The molecule has 4 N–H and O–H groups in total. The lowest BCUT2D eigenvalue weighted by Gasteiger charge is -2.16. The van der Waals surface area contributed by atoms with Gasteiger partial charge in [0.25, 0.3) is 5.69 Å². The van der Waals surface area contributed by atoms with Crippen LogP contribution in [-0.4, -0.2) is 33.1 Å². The van der Waals surface area contributed by atoms with E-state index in [0.717, 1.165) is 12.1 Å². The summed E-state index contributed by atoms with van der Waals surface area (Å²) in [6, 6.07) is 3.04. The first-order chi connectivity index (χ1) is 9.85. The summed E-state index contributed by atoms with van der Waals surface area (Å²) < 4.78 is 31.9. The van der Waals surface area contributed by atoms with Crippen molar-refractivity contribution in [3.8, 4) is 0 Å². The van der Waals surface area contributed by atoms with Gasteiger partial charge in [-0.25, -0.2) is 13.1 Å². The minimum absolute atomic E-state index is 0.165. The Morgan fingerprint density at radius 2 is 2.14 bits per heavy atom. The molecular weight excluding hydrogens is 300 g/mol. The molecule has 0 heterocycles. The van der Waals surface area contributed by atoms with Crippen molar-refractivity contribution in [2.75, 3.05) is 19.1 Å². The van der Waals surface area contributed by atoms with E-state index in [1.807, 2.05) is 0 Å². The van der Waals surface area contributed by atoms with Crippen LogP contribution in [0.3, 0.4) is 0 Å². The largest absolute Gasteiger partial charge is 0.383 e. The van der Waals surface area contributed by atoms with E-state index in [1.165, 1.54) is 13.2 Å². The monoisotopic (exact) mass is 318 g/mol. The molecule has 1 aromatic rings. The molecule has 9 nitrogen and oxygen atoms in total. The zero-order valence-corrected chi connectivity index (χ0v) is 12.5. The van der Waals surface area contributed by atoms with Gasteiger partial charge in [-0.15, -0.1) is 0 Å². The third-order valence-electron chi connectivity index (χ3n) is 2.80. The van der Waals surface area contributed by atoms with Crippen LogP contribution in [0.25, 0.3) is 0 Å². The maximum atomic E-state index is 12.3. The van der Waals surface area contributed by atoms with E-state index >= 15 is 0 Å². The van der Waals surface area contributed by atoms with Gasteiger partial charge in [0.2, 0.25) is 10.0 Å². The summed E-state index contributed by atoms with van der Waals surface area (Å²) in [5.74, 6) is 5.21. The van der Waals surface area contributed by atoms with Gasteiger partial charge in [-0.2, -0.15) is 0 Å². The number of nitrogens with two attached hydrogens (primary N) is 1. The van der Waals surface area contributed by atoms with Crippen LogP contribution in [0.15, 0.2) is 23.1 Å². The highest BCUT2D eigenvalue weighted by atomic mass is 32.2. The van der Waals surface area contributed by atoms with Gasteiger partial charge in [-0.05, 0) is 18.6 Å². The predicted octanol–water partition coefficient (Wildman–Crippen LogP) is 0.584. The Morgan fingerprint density at radius 1 is 1.48 bits per heavy atom. The summed E-state index contributed by atoms with van der Waals surface area (Å²) in [6.45, 7) is 1.94. The lowest BCUT2D eigenvalue weighted by atomic mass is 10.3. The first kappa shape index (κ1) is 17.3. The average Bonchev–Trinajstić information content (AvgIpc) is 2.45. The van der Waals surface area contributed by atoms with E-state index in [0.29, 0.717) is 6.42 Å². The lowest BCUT2D eigenvalue weighted by Crippen LogP contribution is -2.37. The first-order valence-corrected chi connectivity index (χ1v) is 7.60. The maximum absolute atomic E-state index is 12.3. The molecule has 21 heavy (non-hydrogen) atoms. The minimum Gasteiger partial charge on any atom is -0.383 e. The van der Waals surface area contributed by atoms with Crippen molar-refractivity contribution < 1.29 is 18.1 Å². The average molecular weight is 318 g/mol. The second-order valence-electron chi connectivity index (χ2n) is 4.27. The second-order valence-corrected chi connectivity index (χ2v) is 5.95. The molecule has 0 aliphatic rings. The summed E-state index contributed by atoms with van der Waals surface area (Å²) in [4.78, 5) is 9.78. The smallest absolute Gasteiger partial charge is 0.289 e. The van der Waals surface area contributed by atoms with E-state index < -0.39 is 31.6 Å². The highest BCUT2D eigenvalue weighted by Gasteiger charge is 2.28. The van der Waals surface area contributed by atoms with Gasteiger partial charge in [0.15, 0.2) is 4.90 Å². The van der Waals surface area contributed by atoms with Crippen molar-refractivity contribution in [3.05, 3.63) is 28.3 Å². The number of nitrogen functional groups attached to an aromatic ring is 1. The topological polar surface area (TPSA) is 137 Å². The van der Waals surface area contributed by atoms with Gasteiger partial charge in [0.05, 0.1) is 17.2 Å². The zero-order chi connectivity index (χ0) is 16.0. The summed E-state index contributed by atoms with van der Waals surface area (Å²) in [5.41, 5.74) is 1.99. The number of methoxy groups -OCH3 is 1. The van der Waals surface area contributed by atoms with Crippen LogP contribution in [0.1, 0.15) is 13.3 Å². The fourth-order valence-corrected chi connectivity index (χ4v) is 3.19. The van der Waals surface area contributed by atoms with Gasteiger partial charge < -0.3 is 10.2 Å². The molecule has 0 radical (unpaired) electrons. The molecule has 1 atom stereocenters. The molecular formula is C11H18N4O5S. The van der Waals surface area contributed by atoms with E-state index in [1.54, 1.807) is 6.92 Å². The van der Waals surface area contributed by atoms with E-state index in [-0.39, 0.29) is 12.3 Å². The molecule has 0 aliphatic heterocycles. The molecule has 1 aromatic carbocycles. The molecule has 0 saturated heterocycles. The Labute approximate surface area is 122 Å². The van der Waals surface area contributed by atoms with Gasteiger partial charge in [-0.3, -0.25) is 16.0 Å². The molecule has 10 heteroatoms. The number of rotatable bonds is 8. The summed E-state index contributed by atoms with van der Waals surface area (Å²) in [6.07, 6.45) is 0.482. The fourth-order valence-electron chi connectivity index (χ4n) is 1.69. The highest BCUT2D eigenvalue weighted by molar-refractivity contribution is 7.89. The summed E-state index contributed by atoms with van der Waals surface area (Å²) in [7, 11) is -2.63. The van der Waals surface area contributed by atoms with Gasteiger partial charge >= 0.3 is 0 Å². The van der Waals surface area contributed by atoms with E-state index in [4.69, 9.17) is 10.6 Å². The number of hydrogen-bond acceptors (Lipinski definition) is 7. The van der Waals surface area contributed by atoms with Gasteiger partial charge in [0, 0.05) is 19.2 Å². The Hall–Kier alpha value is -1.75. The number of ether oxygens (including phenoxy) is 1. The lowest BCUT2D eigenvalue weighted by molar-refractivity contribution is -0.387. The van der Waals surface area contributed by atoms with Crippen LogP contribution in [0.4, 0.5) is 11.4 Å². The quantitative estimate of drug-likeness (QED) is 0.362. The maximum Gasteiger partial charge on any atom is 0.289 e. The molecule has 0 aromatic heterocycles. The third kappa shape index (κ3) is 4.36. The Balaban J connectivity index is 3.25. The van der Waals surface area contributed by atoms with Crippen molar-refractivity contribution >= 4 is 21.4 Å². The van der Waals surface area contributed by atoms with Crippen LogP contribution in [0.2, 0.25) is 0 Å². The number of hydrazine groups is 1. The van der Waals surface area contributed by atoms with Crippen molar-refractivity contribution in [2.45, 2.75) is 24.3 Å². The van der Waals surface area contributed by atoms with E-state index in [9.17, 15) is 18.5 Å². The summed E-state index contributed by atoms with van der Waals surface area (Å²) in [5, 5.41) is 11.0. The van der Waals surface area contributed by atoms with Crippen molar-refractivity contribution in [1.29, 1.82) is 0 Å². The van der Waals surface area contributed by atoms with Gasteiger partial charge in [0.1, 0.15) is 0 Å². The SMILES string of the molecule is CCC(COC)NS(=O)(=O)c1cc(NN)ccc1[N+](=O)[O-]. The molecule has 0 aliphatic carbocycles. The number of nitro benzene ring substituents is 1. The third-order valence-corrected chi connectivity index (χ3v) is 4.34. The summed E-state index contributed by atoms with van der Waals surface area (Å²) >= 11 is 0. The Bertz CT molecular complexity index is 605. The van der Waals surface area contributed by atoms with Crippen LogP contribution < -0.4 is 16.0 Å². The normalized spacial score (nSPS) is 12.9. The van der Waals surface area contributed by atoms with Gasteiger partial charge in [-0.1, -0.05) is 6.92 Å². The molecule has 0 spiro atoms. The second kappa shape index (κ2) is 7.31. The number of anilines is 1. The molecule has 0 bridgehead atoms. The minimum atomic E-state index is -4.07. The number of nitrogens with one attached hydrogen (secondary N) is 2. The Kier molecular flexibility index (Phi) is 6.03. The number of sulfonamides is 1. The predicted molar refractivity (Wildman–Crippen MR) is 77.2 cm³/mol. The molecule has 0 fully saturated rings. The van der Waals surface area contributed by atoms with Crippen LogP contribution in [0.5, 0.6) is 0 Å². The highest BCUT2D eigenvalue weighted by Crippen LogP contribution is 2.27. The Morgan fingerprint density at radius 3 is 2.62 bits per heavy atom. The zero-order valence-electron chi connectivity index (χ0n) is 11.7. The molecule has 0 amide bonds. The molecule has 1 rings (SSSR count). The number of hydrogen-bond donors (Lipinski definition) is 3.